The van der Waals surface area contributed by atoms with E-state index in [-0.39, 0.29) is 0 Å². The fraction of sp³-hybridized carbons (Fsp3) is 0.238. The Morgan fingerprint density at radius 2 is 1.77 bits per heavy atom. The molecule has 134 valence electrons. The first-order chi connectivity index (χ1) is 12.7. The standard InChI is InChI=1S/C21H24N4O/c1-4-16-9-11-18(12-10-16)24-21-23-15(2)13-20(25-21)22-14-17-7-5-6-8-19(17)26-3/h5-13H,4,14H2,1-3H3,(H2,22,23,24,25). The molecule has 0 bridgehead atoms. The van der Waals surface area contributed by atoms with Crippen molar-refractivity contribution in [3.8, 4) is 5.75 Å². The number of nitrogens with zero attached hydrogens (tertiary/aromatic N) is 2. The third kappa shape index (κ3) is 4.51. The molecule has 1 aromatic heterocycles. The maximum absolute atomic E-state index is 5.39. The summed E-state index contributed by atoms with van der Waals surface area (Å²) >= 11 is 0. The van der Waals surface area contributed by atoms with Crippen LogP contribution >= 0.6 is 0 Å². The van der Waals surface area contributed by atoms with Gasteiger partial charge in [0, 0.05) is 29.6 Å². The van der Waals surface area contributed by atoms with Crippen molar-refractivity contribution in [2.75, 3.05) is 17.7 Å². The summed E-state index contributed by atoms with van der Waals surface area (Å²) in [5.74, 6) is 2.22. The highest BCUT2D eigenvalue weighted by Gasteiger charge is 2.05. The van der Waals surface area contributed by atoms with Gasteiger partial charge in [-0.3, -0.25) is 0 Å². The first kappa shape index (κ1) is 17.7. The molecule has 3 aromatic rings. The topological polar surface area (TPSA) is 59.1 Å². The highest BCUT2D eigenvalue weighted by molar-refractivity contribution is 5.56. The third-order valence-electron chi connectivity index (χ3n) is 4.13. The molecule has 2 N–H and O–H groups in total. The van der Waals surface area contributed by atoms with Crippen LogP contribution < -0.4 is 15.4 Å². The molecule has 3 rings (SSSR count). The molecule has 0 atom stereocenters. The van der Waals surface area contributed by atoms with Crippen LogP contribution in [0.2, 0.25) is 0 Å². The minimum Gasteiger partial charge on any atom is -0.496 e. The first-order valence-electron chi connectivity index (χ1n) is 8.75. The van der Waals surface area contributed by atoms with Crippen LogP contribution in [0.1, 0.15) is 23.7 Å². The predicted molar refractivity (Wildman–Crippen MR) is 106 cm³/mol. The minimum atomic E-state index is 0.580. The molecule has 0 aliphatic carbocycles. The van der Waals surface area contributed by atoms with Crippen LogP contribution in [0.25, 0.3) is 0 Å². The van der Waals surface area contributed by atoms with E-state index in [4.69, 9.17) is 4.74 Å². The molecule has 0 amide bonds. The molecule has 0 aliphatic heterocycles. The van der Waals surface area contributed by atoms with E-state index in [2.05, 4.69) is 39.7 Å². The monoisotopic (exact) mass is 348 g/mol. The summed E-state index contributed by atoms with van der Waals surface area (Å²) in [5.41, 5.74) is 4.26. The van der Waals surface area contributed by atoms with Gasteiger partial charge in [-0.2, -0.15) is 4.98 Å². The number of ether oxygens (including phenoxy) is 1. The van der Waals surface area contributed by atoms with E-state index in [0.717, 1.165) is 34.9 Å². The second kappa shape index (κ2) is 8.34. The number of aromatic nitrogens is 2. The number of benzene rings is 2. The SMILES string of the molecule is CCc1ccc(Nc2nc(C)cc(NCc3ccccc3OC)n2)cc1. The number of hydrogen-bond acceptors (Lipinski definition) is 5. The Morgan fingerprint density at radius 3 is 2.50 bits per heavy atom. The van der Waals surface area contributed by atoms with Crippen molar-refractivity contribution in [3.05, 3.63) is 71.4 Å². The van der Waals surface area contributed by atoms with E-state index in [1.54, 1.807) is 7.11 Å². The first-order valence-corrected chi connectivity index (χ1v) is 8.75. The van der Waals surface area contributed by atoms with Crippen LogP contribution in [0.4, 0.5) is 17.5 Å². The number of methoxy groups -OCH3 is 1. The third-order valence-corrected chi connectivity index (χ3v) is 4.13. The summed E-state index contributed by atoms with van der Waals surface area (Å²) in [4.78, 5) is 9.04. The molecular weight excluding hydrogens is 324 g/mol. The van der Waals surface area contributed by atoms with Crippen LogP contribution in [0.5, 0.6) is 5.75 Å². The number of anilines is 3. The summed E-state index contributed by atoms with van der Waals surface area (Å²) in [6.45, 7) is 4.73. The van der Waals surface area contributed by atoms with Gasteiger partial charge in [0.15, 0.2) is 0 Å². The van der Waals surface area contributed by atoms with Gasteiger partial charge in [0.2, 0.25) is 5.95 Å². The Labute approximate surface area is 154 Å². The zero-order valence-corrected chi connectivity index (χ0v) is 15.4. The van der Waals surface area contributed by atoms with E-state index in [1.165, 1.54) is 5.56 Å². The number of hydrogen-bond donors (Lipinski definition) is 2. The summed E-state index contributed by atoms with van der Waals surface area (Å²) < 4.78 is 5.39. The van der Waals surface area contributed by atoms with Crippen molar-refractivity contribution in [2.45, 2.75) is 26.8 Å². The zero-order chi connectivity index (χ0) is 18.4. The Balaban J connectivity index is 1.72. The van der Waals surface area contributed by atoms with Gasteiger partial charge in [-0.05, 0) is 37.1 Å². The van der Waals surface area contributed by atoms with Crippen molar-refractivity contribution in [2.24, 2.45) is 0 Å². The molecule has 0 spiro atoms. The Kier molecular flexibility index (Phi) is 5.69. The number of rotatable bonds is 7. The van der Waals surface area contributed by atoms with E-state index in [1.807, 2.05) is 49.4 Å². The second-order valence-electron chi connectivity index (χ2n) is 6.06. The van der Waals surface area contributed by atoms with Crippen molar-refractivity contribution >= 4 is 17.5 Å². The van der Waals surface area contributed by atoms with Gasteiger partial charge in [0.1, 0.15) is 11.6 Å². The van der Waals surface area contributed by atoms with Gasteiger partial charge in [0.05, 0.1) is 7.11 Å². The average Bonchev–Trinajstić information content (AvgIpc) is 2.67. The fourth-order valence-electron chi connectivity index (χ4n) is 2.70. The van der Waals surface area contributed by atoms with Gasteiger partial charge < -0.3 is 15.4 Å². The molecule has 0 fully saturated rings. The number of nitrogens with one attached hydrogen (secondary N) is 2. The Morgan fingerprint density at radius 1 is 1.00 bits per heavy atom. The van der Waals surface area contributed by atoms with Gasteiger partial charge in [0.25, 0.3) is 0 Å². The largest absolute Gasteiger partial charge is 0.496 e. The van der Waals surface area contributed by atoms with Crippen LogP contribution in [0.15, 0.2) is 54.6 Å². The van der Waals surface area contributed by atoms with E-state index < -0.39 is 0 Å². The zero-order valence-electron chi connectivity index (χ0n) is 15.4. The lowest BCUT2D eigenvalue weighted by Gasteiger charge is -2.12. The molecule has 5 nitrogen and oxygen atoms in total. The van der Waals surface area contributed by atoms with Crippen LogP contribution in [0.3, 0.4) is 0 Å². The molecule has 26 heavy (non-hydrogen) atoms. The molecule has 0 unspecified atom stereocenters. The molecule has 0 saturated heterocycles. The van der Waals surface area contributed by atoms with Gasteiger partial charge in [-0.15, -0.1) is 0 Å². The molecule has 0 saturated carbocycles. The summed E-state index contributed by atoms with van der Waals surface area (Å²) in [7, 11) is 1.68. The lowest BCUT2D eigenvalue weighted by Crippen LogP contribution is -2.06. The Hall–Kier alpha value is -3.08. The molecule has 5 heteroatoms. The quantitative estimate of drug-likeness (QED) is 0.647. The van der Waals surface area contributed by atoms with Crippen LogP contribution in [-0.4, -0.2) is 17.1 Å². The predicted octanol–water partition coefficient (Wildman–Crippen LogP) is 4.71. The smallest absolute Gasteiger partial charge is 0.229 e. The summed E-state index contributed by atoms with van der Waals surface area (Å²) in [5, 5.41) is 6.62. The highest BCUT2D eigenvalue weighted by Crippen LogP contribution is 2.20. The summed E-state index contributed by atoms with van der Waals surface area (Å²) in [6.07, 6.45) is 1.03. The van der Waals surface area contributed by atoms with Crippen molar-refractivity contribution < 1.29 is 4.74 Å². The number of aryl methyl sites for hydroxylation is 2. The van der Waals surface area contributed by atoms with Crippen molar-refractivity contribution in [1.29, 1.82) is 0 Å². The van der Waals surface area contributed by atoms with Crippen LogP contribution in [-0.2, 0) is 13.0 Å². The highest BCUT2D eigenvalue weighted by atomic mass is 16.5. The van der Waals surface area contributed by atoms with Crippen molar-refractivity contribution in [3.63, 3.8) is 0 Å². The summed E-state index contributed by atoms with van der Waals surface area (Å²) in [6, 6.07) is 18.2. The Bertz CT molecular complexity index is 862. The maximum atomic E-state index is 5.39. The normalized spacial score (nSPS) is 10.4. The van der Waals surface area contributed by atoms with Gasteiger partial charge in [-0.1, -0.05) is 37.3 Å². The lowest BCUT2D eigenvalue weighted by molar-refractivity contribution is 0.410. The van der Waals surface area contributed by atoms with Gasteiger partial charge in [-0.25, -0.2) is 4.98 Å². The molecular formula is C21H24N4O. The maximum Gasteiger partial charge on any atom is 0.229 e. The molecule has 0 radical (unpaired) electrons. The lowest BCUT2D eigenvalue weighted by atomic mass is 10.1. The molecule has 2 aromatic carbocycles. The van der Waals surface area contributed by atoms with Gasteiger partial charge >= 0.3 is 0 Å². The minimum absolute atomic E-state index is 0.580. The fourth-order valence-corrected chi connectivity index (χ4v) is 2.70. The molecule has 0 aliphatic rings. The second-order valence-corrected chi connectivity index (χ2v) is 6.06. The average molecular weight is 348 g/mol. The number of para-hydroxylation sites is 1. The molecule has 1 heterocycles. The van der Waals surface area contributed by atoms with Crippen LogP contribution in [0, 0.1) is 6.92 Å². The van der Waals surface area contributed by atoms with E-state index >= 15 is 0 Å². The van der Waals surface area contributed by atoms with Crippen molar-refractivity contribution in [1.82, 2.24) is 9.97 Å². The van der Waals surface area contributed by atoms with E-state index in [9.17, 15) is 0 Å². The van der Waals surface area contributed by atoms with E-state index in [0.29, 0.717) is 12.5 Å².